The Morgan fingerprint density at radius 2 is 1.82 bits per heavy atom. The molecule has 2 heterocycles. The van der Waals surface area contributed by atoms with E-state index in [9.17, 15) is 14.4 Å². The van der Waals surface area contributed by atoms with Gasteiger partial charge in [0.05, 0.1) is 31.0 Å². The van der Waals surface area contributed by atoms with Gasteiger partial charge in [0.2, 0.25) is 0 Å². The van der Waals surface area contributed by atoms with Crippen molar-refractivity contribution in [3.8, 4) is 5.75 Å². The fraction of sp³-hybridized carbons (Fsp3) is 0.269. The van der Waals surface area contributed by atoms with E-state index in [0.29, 0.717) is 28.6 Å². The van der Waals surface area contributed by atoms with Gasteiger partial charge >= 0.3 is 0 Å². The van der Waals surface area contributed by atoms with Crippen LogP contribution in [0.15, 0.2) is 65.3 Å². The first kappa shape index (κ1) is 21.0. The number of hydrogen-bond donors (Lipinski definition) is 0. The Bertz CT molecular complexity index is 1210. The zero-order valence-electron chi connectivity index (χ0n) is 18.5. The molecule has 168 valence electrons. The van der Waals surface area contributed by atoms with Crippen LogP contribution in [0.5, 0.6) is 5.75 Å². The quantitative estimate of drug-likeness (QED) is 0.500. The van der Waals surface area contributed by atoms with Crippen molar-refractivity contribution in [1.82, 2.24) is 4.90 Å². The van der Waals surface area contributed by atoms with Crippen molar-refractivity contribution >= 4 is 23.4 Å². The number of nitrogens with zero attached hydrogens (tertiary/aromatic N) is 2. The minimum Gasteiger partial charge on any atom is -0.497 e. The van der Waals surface area contributed by atoms with Gasteiger partial charge in [0.1, 0.15) is 11.5 Å². The normalized spacial score (nSPS) is 16.0. The summed E-state index contributed by atoms with van der Waals surface area (Å²) in [5.41, 5.74) is 1.68. The summed E-state index contributed by atoms with van der Waals surface area (Å²) in [6.45, 7) is 2.10. The van der Waals surface area contributed by atoms with Crippen LogP contribution in [0.25, 0.3) is 0 Å². The number of carbonyl (C=O) groups excluding carboxylic acids is 3. The van der Waals surface area contributed by atoms with Crippen LogP contribution in [-0.4, -0.2) is 35.8 Å². The Morgan fingerprint density at radius 1 is 1.09 bits per heavy atom. The molecular formula is C26H24N2O5. The van der Waals surface area contributed by atoms with Crippen LogP contribution in [0.4, 0.5) is 5.69 Å². The second-order valence-corrected chi connectivity index (χ2v) is 8.49. The molecule has 0 N–H and O–H groups in total. The Hall–Kier alpha value is -3.87. The van der Waals surface area contributed by atoms with Crippen LogP contribution in [0.3, 0.4) is 0 Å². The zero-order valence-corrected chi connectivity index (χ0v) is 18.5. The molecular weight excluding hydrogens is 420 g/mol. The molecule has 0 saturated heterocycles. The predicted molar refractivity (Wildman–Crippen MR) is 121 cm³/mol. The molecule has 2 aliphatic rings. The van der Waals surface area contributed by atoms with Gasteiger partial charge < -0.3 is 14.1 Å². The van der Waals surface area contributed by atoms with E-state index in [1.54, 1.807) is 36.3 Å². The molecule has 2 aromatic carbocycles. The third kappa shape index (κ3) is 3.80. The van der Waals surface area contributed by atoms with E-state index < -0.39 is 5.91 Å². The number of imide groups is 1. The standard InChI is InChI=1S/C26H24N2O5/c1-16(17-5-6-17)28(19-8-10-20(32-2)11-9-19)24(29)18-7-12-22-23(14-18)26(31)27(25(22)30)15-21-4-3-13-33-21/h3-4,7-14,16-17H,5-6,15H2,1-2H3. The Morgan fingerprint density at radius 3 is 2.45 bits per heavy atom. The first-order valence-corrected chi connectivity index (χ1v) is 11.0. The fourth-order valence-corrected chi connectivity index (χ4v) is 4.33. The lowest BCUT2D eigenvalue weighted by atomic mass is 10.0. The van der Waals surface area contributed by atoms with E-state index in [2.05, 4.69) is 0 Å². The summed E-state index contributed by atoms with van der Waals surface area (Å²) >= 11 is 0. The van der Waals surface area contributed by atoms with E-state index in [-0.39, 0.29) is 30.0 Å². The number of ether oxygens (including phenoxy) is 1. The third-order valence-corrected chi connectivity index (χ3v) is 6.39. The van der Waals surface area contributed by atoms with E-state index in [1.165, 1.54) is 12.3 Å². The lowest BCUT2D eigenvalue weighted by molar-refractivity contribution is 0.0631. The van der Waals surface area contributed by atoms with Gasteiger partial charge in [-0.05, 0) is 80.3 Å². The van der Waals surface area contributed by atoms with E-state index >= 15 is 0 Å². The maximum Gasteiger partial charge on any atom is 0.261 e. The number of fused-ring (bicyclic) bond motifs is 1. The minimum atomic E-state index is -0.424. The van der Waals surface area contributed by atoms with Gasteiger partial charge in [-0.2, -0.15) is 0 Å². The summed E-state index contributed by atoms with van der Waals surface area (Å²) in [6, 6.07) is 15.5. The van der Waals surface area contributed by atoms with Crippen LogP contribution in [0.2, 0.25) is 0 Å². The summed E-state index contributed by atoms with van der Waals surface area (Å²) < 4.78 is 10.5. The average Bonchev–Trinajstić information content (AvgIpc) is 3.52. The van der Waals surface area contributed by atoms with Crippen molar-refractivity contribution in [2.45, 2.75) is 32.4 Å². The van der Waals surface area contributed by atoms with Crippen LogP contribution in [0.1, 0.15) is 56.6 Å². The average molecular weight is 444 g/mol. The molecule has 7 heteroatoms. The van der Waals surface area contributed by atoms with E-state index in [4.69, 9.17) is 9.15 Å². The van der Waals surface area contributed by atoms with Crippen LogP contribution in [-0.2, 0) is 6.54 Å². The maximum absolute atomic E-state index is 13.7. The first-order chi connectivity index (χ1) is 16.0. The summed E-state index contributed by atoms with van der Waals surface area (Å²) in [5, 5.41) is 0. The van der Waals surface area contributed by atoms with Gasteiger partial charge in [0.25, 0.3) is 17.7 Å². The van der Waals surface area contributed by atoms with Crippen LogP contribution >= 0.6 is 0 Å². The predicted octanol–water partition coefficient (Wildman–Crippen LogP) is 4.53. The van der Waals surface area contributed by atoms with Crippen molar-refractivity contribution in [2.75, 3.05) is 12.0 Å². The molecule has 7 nitrogen and oxygen atoms in total. The Labute approximate surface area is 191 Å². The SMILES string of the molecule is COc1ccc(N(C(=O)c2ccc3c(c2)C(=O)N(Cc2ccco2)C3=O)C(C)C2CC2)cc1. The molecule has 0 radical (unpaired) electrons. The second-order valence-electron chi connectivity index (χ2n) is 8.49. The molecule has 1 saturated carbocycles. The monoisotopic (exact) mass is 444 g/mol. The molecule has 0 spiro atoms. The number of carbonyl (C=O) groups is 3. The van der Waals surface area contributed by atoms with E-state index in [1.807, 2.05) is 31.2 Å². The minimum absolute atomic E-state index is 0.00642. The number of furan rings is 1. The summed E-state index contributed by atoms with van der Waals surface area (Å²) in [7, 11) is 1.60. The number of benzene rings is 2. The highest BCUT2D eigenvalue weighted by Crippen LogP contribution is 2.38. The third-order valence-electron chi connectivity index (χ3n) is 6.39. The molecule has 1 atom stereocenters. The molecule has 1 aromatic heterocycles. The lowest BCUT2D eigenvalue weighted by Gasteiger charge is -2.30. The van der Waals surface area contributed by atoms with Gasteiger partial charge in [0.15, 0.2) is 0 Å². The topological polar surface area (TPSA) is 80.1 Å². The smallest absolute Gasteiger partial charge is 0.261 e. The Kier molecular flexibility index (Phi) is 5.24. The molecule has 1 aliphatic carbocycles. The number of methoxy groups -OCH3 is 1. The number of hydrogen-bond acceptors (Lipinski definition) is 5. The Balaban J connectivity index is 1.46. The highest BCUT2D eigenvalue weighted by molar-refractivity contribution is 6.22. The highest BCUT2D eigenvalue weighted by Gasteiger charge is 2.39. The largest absolute Gasteiger partial charge is 0.497 e. The van der Waals surface area contributed by atoms with Crippen LogP contribution < -0.4 is 9.64 Å². The van der Waals surface area contributed by atoms with Crippen LogP contribution in [0, 0.1) is 5.92 Å². The molecule has 33 heavy (non-hydrogen) atoms. The van der Waals surface area contributed by atoms with Gasteiger partial charge in [-0.15, -0.1) is 0 Å². The molecule has 1 fully saturated rings. The van der Waals surface area contributed by atoms with Crippen molar-refractivity contribution in [1.29, 1.82) is 0 Å². The van der Waals surface area contributed by atoms with E-state index in [0.717, 1.165) is 23.4 Å². The zero-order chi connectivity index (χ0) is 23.1. The van der Waals surface area contributed by atoms with Gasteiger partial charge in [-0.1, -0.05) is 0 Å². The maximum atomic E-state index is 13.7. The van der Waals surface area contributed by atoms with Crippen molar-refractivity contribution < 1.29 is 23.5 Å². The second kappa shape index (κ2) is 8.24. The van der Waals surface area contributed by atoms with Gasteiger partial charge in [-0.25, -0.2) is 0 Å². The first-order valence-electron chi connectivity index (χ1n) is 11.0. The molecule has 3 aromatic rings. The fourth-order valence-electron chi connectivity index (χ4n) is 4.33. The number of rotatable bonds is 7. The summed E-state index contributed by atoms with van der Waals surface area (Å²) in [6.07, 6.45) is 3.67. The molecule has 5 rings (SSSR count). The number of anilines is 1. The summed E-state index contributed by atoms with van der Waals surface area (Å²) in [5.74, 6) is 0.661. The highest BCUT2D eigenvalue weighted by atomic mass is 16.5. The lowest BCUT2D eigenvalue weighted by Crippen LogP contribution is -2.40. The molecule has 3 amide bonds. The molecule has 1 aliphatic heterocycles. The molecule has 0 bridgehead atoms. The van der Waals surface area contributed by atoms with Gasteiger partial charge in [-0.3, -0.25) is 19.3 Å². The number of amides is 3. The van der Waals surface area contributed by atoms with Crippen molar-refractivity contribution in [3.63, 3.8) is 0 Å². The van der Waals surface area contributed by atoms with Gasteiger partial charge in [0, 0.05) is 17.3 Å². The van der Waals surface area contributed by atoms with Crippen molar-refractivity contribution in [2.24, 2.45) is 5.92 Å². The van der Waals surface area contributed by atoms with Crippen molar-refractivity contribution in [3.05, 3.63) is 83.3 Å². The molecule has 1 unspecified atom stereocenters. The summed E-state index contributed by atoms with van der Waals surface area (Å²) in [4.78, 5) is 42.4.